The maximum Gasteiger partial charge on any atom is 0.410 e. The van der Waals surface area contributed by atoms with Gasteiger partial charge < -0.3 is 9.64 Å². The summed E-state index contributed by atoms with van der Waals surface area (Å²) >= 11 is 1.68. The summed E-state index contributed by atoms with van der Waals surface area (Å²) in [5.41, 5.74) is 3.89. The molecule has 0 unspecified atom stereocenters. The molecule has 0 bridgehead atoms. The van der Waals surface area contributed by atoms with E-state index < -0.39 is 0 Å². The normalized spacial score (nSPS) is 19.2. The minimum atomic E-state index is -0.212. The van der Waals surface area contributed by atoms with Crippen LogP contribution < -0.4 is 4.90 Å². The Labute approximate surface area is 182 Å². The van der Waals surface area contributed by atoms with Crippen molar-refractivity contribution >= 4 is 17.9 Å². The number of hydrogen-bond acceptors (Lipinski definition) is 3. The quantitative estimate of drug-likeness (QED) is 0.799. The molecule has 1 fully saturated rings. The summed E-state index contributed by atoms with van der Waals surface area (Å²) in [5.74, 6) is 0.273. The first-order valence-electron chi connectivity index (χ1n) is 10.8. The lowest BCUT2D eigenvalue weighted by Crippen LogP contribution is -3.15. The Hall–Kier alpha value is -2.05. The van der Waals surface area contributed by atoms with Crippen LogP contribution in [-0.4, -0.2) is 43.8 Å². The van der Waals surface area contributed by atoms with E-state index in [1.54, 1.807) is 23.9 Å². The van der Waals surface area contributed by atoms with Crippen molar-refractivity contribution < 1.29 is 18.8 Å². The minimum absolute atomic E-state index is 0.185. The predicted octanol–water partition coefficient (Wildman–Crippen LogP) is 4.05. The van der Waals surface area contributed by atoms with E-state index in [1.165, 1.54) is 26.5 Å². The van der Waals surface area contributed by atoms with E-state index in [2.05, 4.69) is 32.0 Å². The molecule has 30 heavy (non-hydrogen) atoms. The van der Waals surface area contributed by atoms with Gasteiger partial charge in [0.2, 0.25) is 0 Å². The van der Waals surface area contributed by atoms with Crippen LogP contribution in [0.25, 0.3) is 0 Å². The second-order valence-electron chi connectivity index (χ2n) is 8.41. The molecule has 160 valence electrons. The molecule has 2 aliphatic heterocycles. The van der Waals surface area contributed by atoms with Gasteiger partial charge in [-0.25, -0.2) is 9.18 Å². The first-order valence-corrected chi connectivity index (χ1v) is 11.6. The number of carbonyl (C=O) groups is 1. The van der Waals surface area contributed by atoms with Crippen molar-refractivity contribution in [2.75, 3.05) is 32.8 Å². The Balaban J connectivity index is 1.65. The lowest BCUT2D eigenvalue weighted by molar-refractivity contribution is -0.935. The first-order chi connectivity index (χ1) is 14.5. The zero-order chi connectivity index (χ0) is 21.3. The first kappa shape index (κ1) is 21.2. The van der Waals surface area contributed by atoms with Gasteiger partial charge in [0.25, 0.3) is 0 Å². The topological polar surface area (TPSA) is 34.0 Å². The molecule has 1 amide bonds. The summed E-state index contributed by atoms with van der Waals surface area (Å²) in [6.45, 7) is 9.86. The van der Waals surface area contributed by atoms with E-state index in [1.807, 2.05) is 17.9 Å². The predicted molar refractivity (Wildman–Crippen MR) is 117 cm³/mol. The molecule has 4 rings (SSSR count). The number of carbonyl (C=O) groups excluding carboxylic acids is 1. The Morgan fingerprint density at radius 3 is 2.67 bits per heavy atom. The number of rotatable bonds is 3. The second kappa shape index (κ2) is 8.98. The Bertz CT molecular complexity index is 925. The molecule has 1 saturated heterocycles. The van der Waals surface area contributed by atoms with Gasteiger partial charge in [0, 0.05) is 21.8 Å². The maximum atomic E-state index is 13.9. The number of halogens is 1. The van der Waals surface area contributed by atoms with Gasteiger partial charge >= 0.3 is 6.09 Å². The molecule has 2 aliphatic rings. The summed E-state index contributed by atoms with van der Waals surface area (Å²) < 4.78 is 19.1. The monoisotopic (exact) mass is 429 g/mol. The van der Waals surface area contributed by atoms with Crippen LogP contribution >= 0.6 is 11.8 Å². The van der Waals surface area contributed by atoms with Crippen LogP contribution in [0.15, 0.2) is 46.2 Å². The van der Waals surface area contributed by atoms with Crippen LogP contribution in [0.4, 0.5) is 9.18 Å². The zero-order valence-electron chi connectivity index (χ0n) is 17.9. The molecule has 2 heterocycles. The van der Waals surface area contributed by atoms with Gasteiger partial charge in [0.05, 0.1) is 32.8 Å². The van der Waals surface area contributed by atoms with Crippen LogP contribution in [0.5, 0.6) is 0 Å². The number of hydrogen-bond donors (Lipinski definition) is 1. The van der Waals surface area contributed by atoms with Gasteiger partial charge in [0.15, 0.2) is 0 Å². The number of benzene rings is 2. The highest BCUT2D eigenvalue weighted by atomic mass is 32.2. The molecule has 6 heteroatoms. The summed E-state index contributed by atoms with van der Waals surface area (Å²) in [4.78, 5) is 17.6. The van der Waals surface area contributed by atoms with E-state index >= 15 is 0 Å². The smallest absolute Gasteiger partial charge is 0.410 e. The highest BCUT2D eigenvalue weighted by molar-refractivity contribution is 7.99. The van der Waals surface area contributed by atoms with Gasteiger partial charge in [0.1, 0.15) is 11.9 Å². The number of quaternary nitrogens is 1. The molecule has 2 aromatic rings. The molecule has 0 spiro atoms. The number of ether oxygens (including phenoxy) is 1. The number of nitrogens with one attached hydrogen (secondary N) is 1. The molecule has 0 radical (unpaired) electrons. The molecule has 2 aromatic carbocycles. The molecular formula is C24H30FN2O2S+. The van der Waals surface area contributed by atoms with Crippen molar-refractivity contribution in [1.82, 2.24) is 4.90 Å². The van der Waals surface area contributed by atoms with Crippen LogP contribution in [0.2, 0.25) is 0 Å². The van der Waals surface area contributed by atoms with E-state index in [0.717, 1.165) is 24.4 Å². The average Bonchev–Trinajstić information content (AvgIpc) is 2.89. The lowest BCUT2D eigenvalue weighted by Gasteiger charge is -2.36. The Morgan fingerprint density at radius 2 is 1.97 bits per heavy atom. The summed E-state index contributed by atoms with van der Waals surface area (Å²) in [6.07, 6.45) is 0.669. The molecule has 4 nitrogen and oxygen atoms in total. The number of nitrogens with zero attached hydrogens (tertiary/aromatic N) is 1. The Kier molecular flexibility index (Phi) is 6.34. The van der Waals surface area contributed by atoms with Gasteiger partial charge in [-0.05, 0) is 48.2 Å². The third kappa shape index (κ3) is 4.35. The highest BCUT2D eigenvalue weighted by Gasteiger charge is 2.34. The van der Waals surface area contributed by atoms with Gasteiger partial charge in [-0.3, -0.25) is 4.90 Å². The number of fused-ring (bicyclic) bond motifs is 2. The lowest BCUT2D eigenvalue weighted by atomic mass is 9.93. The van der Waals surface area contributed by atoms with Crippen molar-refractivity contribution in [2.24, 2.45) is 0 Å². The molecule has 0 aromatic heterocycles. The highest BCUT2D eigenvalue weighted by Crippen LogP contribution is 2.41. The van der Waals surface area contributed by atoms with Crippen LogP contribution in [0.1, 0.15) is 49.4 Å². The third-order valence-electron chi connectivity index (χ3n) is 6.17. The van der Waals surface area contributed by atoms with Crippen LogP contribution in [0, 0.1) is 5.82 Å². The summed E-state index contributed by atoms with van der Waals surface area (Å²) in [6, 6.07) is 12.2. The van der Waals surface area contributed by atoms with Crippen molar-refractivity contribution in [3.8, 4) is 0 Å². The molecular weight excluding hydrogens is 399 g/mol. The average molecular weight is 430 g/mol. The summed E-state index contributed by atoms with van der Waals surface area (Å²) in [5, 5.41) is 0. The maximum absolute atomic E-state index is 13.9. The van der Waals surface area contributed by atoms with Crippen molar-refractivity contribution in [2.45, 2.75) is 48.9 Å². The van der Waals surface area contributed by atoms with Crippen molar-refractivity contribution in [3.63, 3.8) is 0 Å². The number of amides is 1. The molecule has 1 N–H and O–H groups in total. The minimum Gasteiger partial charge on any atom is -0.450 e. The number of piperazine rings is 1. The third-order valence-corrected chi connectivity index (χ3v) is 7.37. The van der Waals surface area contributed by atoms with Gasteiger partial charge in [-0.1, -0.05) is 37.7 Å². The van der Waals surface area contributed by atoms with E-state index in [9.17, 15) is 9.18 Å². The zero-order valence-corrected chi connectivity index (χ0v) is 18.7. The standard InChI is InChI=1S/C24H29FN2O2S/c1-4-29-24(28)27-11-9-26(10-12-27)21-14-18-5-7-19(25)15-23(18)30-22-8-6-17(16(2)3)13-20(21)22/h5-8,13,15-16,21H,4,9-12,14H2,1-3H3/p+1/t21-/m0/s1. The van der Waals surface area contributed by atoms with E-state index in [0.29, 0.717) is 31.7 Å². The van der Waals surface area contributed by atoms with Crippen LogP contribution in [-0.2, 0) is 11.2 Å². The van der Waals surface area contributed by atoms with E-state index in [-0.39, 0.29) is 11.9 Å². The van der Waals surface area contributed by atoms with Gasteiger partial charge in [-0.2, -0.15) is 0 Å². The van der Waals surface area contributed by atoms with Crippen LogP contribution in [0.3, 0.4) is 0 Å². The Morgan fingerprint density at radius 1 is 1.20 bits per heavy atom. The second-order valence-corrected chi connectivity index (χ2v) is 9.49. The fraction of sp³-hybridized carbons (Fsp3) is 0.458. The van der Waals surface area contributed by atoms with Crippen molar-refractivity contribution in [3.05, 3.63) is 58.9 Å². The van der Waals surface area contributed by atoms with Crippen molar-refractivity contribution in [1.29, 1.82) is 0 Å². The molecule has 0 saturated carbocycles. The SMILES string of the molecule is CCOC(=O)N1CC[NH+]([C@H]2Cc3ccc(F)cc3Sc3ccc(C(C)C)cc32)CC1. The fourth-order valence-corrected chi connectivity index (χ4v) is 5.58. The molecule has 0 aliphatic carbocycles. The fourth-order valence-electron chi connectivity index (χ4n) is 4.44. The molecule has 1 atom stereocenters. The largest absolute Gasteiger partial charge is 0.450 e. The van der Waals surface area contributed by atoms with Gasteiger partial charge in [-0.15, -0.1) is 0 Å². The van der Waals surface area contributed by atoms with E-state index in [4.69, 9.17) is 4.74 Å². The summed E-state index contributed by atoms with van der Waals surface area (Å²) in [7, 11) is 0.